The number of aliphatic hydroxyl groups is 1. The van der Waals surface area contributed by atoms with E-state index in [1.54, 1.807) is 43.3 Å². The number of carbonyl (C=O) groups is 5. The summed E-state index contributed by atoms with van der Waals surface area (Å²) in [4.78, 5) is 52.1. The summed E-state index contributed by atoms with van der Waals surface area (Å²) in [6, 6.07) is 7.61. The van der Waals surface area contributed by atoms with Crippen LogP contribution in [0.2, 0.25) is 0 Å². The van der Waals surface area contributed by atoms with Gasteiger partial charge in [-0.3, -0.25) is 14.4 Å². The lowest BCUT2D eigenvalue weighted by atomic mass is 10.2. The molecule has 1 aromatic carbocycles. The number of likely N-dealkylation sites (N-methyl/N-ethyl adjacent to an activating group) is 2. The summed E-state index contributed by atoms with van der Waals surface area (Å²) in [5, 5.41) is 17.0. The number of unbranched alkanes of at least 4 members (excludes halogenated alkanes) is 3. The minimum Gasteiger partial charge on any atom is -0.392 e. The number of nitrogens with zero attached hydrogens (tertiary/aromatic N) is 1. The van der Waals surface area contributed by atoms with Crippen molar-refractivity contribution in [3.05, 3.63) is 42.0 Å². The number of amides is 2. The summed E-state index contributed by atoms with van der Waals surface area (Å²) in [5.41, 5.74) is 6.87. The maximum Gasteiger partial charge on any atom is 0.246 e. The SMILES string of the molecule is CC.CCC.CN(CCCCCC=O)C(=O)/C=C\C=O.CNC(C)CCCN.CNCC=O.O=CNc1ccc(CO)cc1. The summed E-state index contributed by atoms with van der Waals surface area (Å²) in [7, 11) is 5.40. The van der Waals surface area contributed by atoms with Gasteiger partial charge in [0.25, 0.3) is 0 Å². The van der Waals surface area contributed by atoms with Crippen molar-refractivity contribution in [2.75, 3.05) is 46.1 Å². The topological polar surface area (TPSA) is 171 Å². The summed E-state index contributed by atoms with van der Waals surface area (Å²) < 4.78 is 0. The van der Waals surface area contributed by atoms with Crippen molar-refractivity contribution in [2.45, 2.75) is 92.2 Å². The van der Waals surface area contributed by atoms with Gasteiger partial charge in [0.05, 0.1) is 13.2 Å². The van der Waals surface area contributed by atoms with E-state index in [4.69, 9.17) is 10.8 Å². The molecule has 0 saturated heterocycles. The average Bonchev–Trinajstić information content (AvgIpc) is 3.05. The minimum absolute atomic E-state index is 0.0291. The Kier molecular flexibility index (Phi) is 53.5. The average molecular weight is 626 g/mol. The maximum atomic E-state index is 11.2. The van der Waals surface area contributed by atoms with Crippen molar-refractivity contribution in [1.82, 2.24) is 15.5 Å². The Morgan fingerprint density at radius 2 is 1.57 bits per heavy atom. The molecule has 0 radical (unpaired) electrons. The normalized spacial score (nSPS) is 9.68. The fourth-order valence-electron chi connectivity index (χ4n) is 2.54. The van der Waals surface area contributed by atoms with Gasteiger partial charge in [0, 0.05) is 37.8 Å². The molecule has 6 N–H and O–H groups in total. The first kappa shape index (κ1) is 50.4. The third-order valence-corrected chi connectivity index (χ3v) is 4.99. The lowest BCUT2D eigenvalue weighted by Gasteiger charge is -2.14. The molecule has 1 aromatic rings. The molecule has 1 unspecified atom stereocenters. The van der Waals surface area contributed by atoms with Crippen LogP contribution in [0.3, 0.4) is 0 Å². The van der Waals surface area contributed by atoms with Gasteiger partial charge in [0.1, 0.15) is 18.9 Å². The highest BCUT2D eigenvalue weighted by molar-refractivity contribution is 5.90. The molecule has 0 aliphatic heterocycles. The monoisotopic (exact) mass is 625 g/mol. The molecule has 0 heterocycles. The molecule has 0 saturated carbocycles. The molecule has 1 atom stereocenters. The zero-order chi connectivity index (χ0) is 34.9. The zero-order valence-electron chi connectivity index (χ0n) is 28.6. The lowest BCUT2D eigenvalue weighted by Crippen LogP contribution is -2.25. The van der Waals surface area contributed by atoms with Gasteiger partial charge in [-0.15, -0.1) is 0 Å². The summed E-state index contributed by atoms with van der Waals surface area (Å²) >= 11 is 0. The Bertz CT molecular complexity index is 776. The quantitative estimate of drug-likeness (QED) is 0.0979. The molecule has 0 spiro atoms. The van der Waals surface area contributed by atoms with E-state index in [0.29, 0.717) is 38.2 Å². The number of nitrogens with two attached hydrogens (primary N) is 1. The molecule has 0 aromatic heterocycles. The largest absolute Gasteiger partial charge is 0.392 e. The van der Waals surface area contributed by atoms with Gasteiger partial charge in [-0.25, -0.2) is 0 Å². The molecule has 0 bridgehead atoms. The van der Waals surface area contributed by atoms with E-state index in [9.17, 15) is 24.0 Å². The Hall–Kier alpha value is -3.25. The highest BCUT2D eigenvalue weighted by atomic mass is 16.3. The van der Waals surface area contributed by atoms with Crippen LogP contribution in [0, 0.1) is 0 Å². The van der Waals surface area contributed by atoms with Crippen LogP contribution in [-0.4, -0.2) is 88.0 Å². The number of aliphatic hydroxyl groups excluding tert-OH is 1. The third kappa shape index (κ3) is 45.7. The smallest absolute Gasteiger partial charge is 0.246 e. The van der Waals surface area contributed by atoms with Crippen LogP contribution < -0.4 is 21.7 Å². The number of carbonyl (C=O) groups excluding carboxylic acids is 5. The highest BCUT2D eigenvalue weighted by Gasteiger charge is 2.03. The van der Waals surface area contributed by atoms with Crippen molar-refractivity contribution in [3.63, 3.8) is 0 Å². The molecule has 0 fully saturated rings. The number of aldehydes is 3. The second-order valence-corrected chi connectivity index (χ2v) is 8.94. The van der Waals surface area contributed by atoms with Crippen molar-refractivity contribution in [2.24, 2.45) is 5.73 Å². The summed E-state index contributed by atoms with van der Waals surface area (Å²) in [6.07, 6.45) is 12.2. The van der Waals surface area contributed by atoms with E-state index in [0.717, 1.165) is 56.1 Å². The number of allylic oxidation sites excluding steroid dienone is 1. The van der Waals surface area contributed by atoms with E-state index in [1.165, 1.54) is 25.0 Å². The van der Waals surface area contributed by atoms with E-state index in [-0.39, 0.29) is 12.5 Å². The van der Waals surface area contributed by atoms with E-state index < -0.39 is 0 Å². The van der Waals surface area contributed by atoms with Crippen LogP contribution in [0.5, 0.6) is 0 Å². The van der Waals surface area contributed by atoms with Gasteiger partial charge >= 0.3 is 0 Å². The second kappa shape index (κ2) is 46.7. The van der Waals surface area contributed by atoms with Crippen molar-refractivity contribution in [3.8, 4) is 0 Å². The summed E-state index contributed by atoms with van der Waals surface area (Å²) in [6.45, 7) is 12.4. The Balaban J connectivity index is -0.000000154. The number of anilines is 1. The number of hydrogen-bond donors (Lipinski definition) is 5. The van der Waals surface area contributed by atoms with Crippen LogP contribution in [0.15, 0.2) is 36.4 Å². The number of rotatable bonds is 17. The fourth-order valence-corrected chi connectivity index (χ4v) is 2.54. The standard InChI is InChI=1S/C11H17NO3.C8H9NO2.C6H16N2.C3H7NO.C3H8.C2H6/c1-12(11(15)7-6-10-14)8-4-2-3-5-9-13;10-5-7-1-3-8(4-2-7)9-6-11;1-6(8-2)4-3-5-7;1-4-2-3-5;1-3-2;1-2/h6-7,9-10H,2-5,8H2,1H3;1-4,6,10H,5H2,(H,9,11);6,8H,3-5,7H2,1-2H3;3-4H,2H2,1H3;3H2,1-2H3;1-2H3/b7-6-;;;;;. The van der Waals surface area contributed by atoms with Crippen LogP contribution in [0.1, 0.15) is 85.1 Å². The molecule has 1 rings (SSSR count). The van der Waals surface area contributed by atoms with Crippen LogP contribution >= 0.6 is 0 Å². The number of hydrogen-bond acceptors (Lipinski definition) is 9. The van der Waals surface area contributed by atoms with Gasteiger partial charge in [0.15, 0.2) is 0 Å². The van der Waals surface area contributed by atoms with E-state index in [1.807, 2.05) is 20.9 Å². The molecule has 44 heavy (non-hydrogen) atoms. The molecule has 0 aliphatic carbocycles. The van der Waals surface area contributed by atoms with E-state index >= 15 is 0 Å². The van der Waals surface area contributed by atoms with Crippen LogP contribution in [0.25, 0.3) is 0 Å². The van der Waals surface area contributed by atoms with Crippen LogP contribution in [0.4, 0.5) is 5.69 Å². The molecule has 11 nitrogen and oxygen atoms in total. The van der Waals surface area contributed by atoms with Gasteiger partial charge in [-0.1, -0.05) is 52.7 Å². The zero-order valence-corrected chi connectivity index (χ0v) is 28.6. The van der Waals surface area contributed by atoms with Gasteiger partial charge in [-0.05, 0) is 77.0 Å². The molecule has 256 valence electrons. The maximum absolute atomic E-state index is 11.2. The molecule has 2 amide bonds. The van der Waals surface area contributed by atoms with Gasteiger partial charge < -0.3 is 41.3 Å². The van der Waals surface area contributed by atoms with Gasteiger partial charge in [-0.2, -0.15) is 0 Å². The predicted octanol–water partition coefficient (Wildman–Crippen LogP) is 3.89. The Morgan fingerprint density at radius 1 is 0.977 bits per heavy atom. The first-order chi connectivity index (χ1) is 21.2. The molecular formula is C33H63N5O6. The van der Waals surface area contributed by atoms with Crippen LogP contribution in [-0.2, 0) is 30.6 Å². The molecular weight excluding hydrogens is 562 g/mol. The van der Waals surface area contributed by atoms with Crippen molar-refractivity contribution >= 4 is 36.9 Å². The number of benzene rings is 1. The Morgan fingerprint density at radius 3 is 1.95 bits per heavy atom. The van der Waals surface area contributed by atoms with Crippen molar-refractivity contribution in [1.29, 1.82) is 0 Å². The first-order valence-electron chi connectivity index (χ1n) is 15.4. The molecule has 11 heteroatoms. The molecule has 0 aliphatic rings. The second-order valence-electron chi connectivity index (χ2n) is 8.94. The first-order valence-corrected chi connectivity index (χ1v) is 15.4. The summed E-state index contributed by atoms with van der Waals surface area (Å²) in [5.74, 6) is -0.169. The third-order valence-electron chi connectivity index (χ3n) is 4.99. The number of nitrogens with one attached hydrogen (secondary N) is 3. The highest BCUT2D eigenvalue weighted by Crippen LogP contribution is 2.07. The fraction of sp³-hybridized carbons (Fsp3) is 0.606. The minimum atomic E-state index is -0.169. The lowest BCUT2D eigenvalue weighted by molar-refractivity contribution is -0.125. The van der Waals surface area contributed by atoms with Crippen molar-refractivity contribution < 1.29 is 29.1 Å². The predicted molar refractivity (Wildman–Crippen MR) is 184 cm³/mol. The Labute approximate surface area is 267 Å². The van der Waals surface area contributed by atoms with E-state index in [2.05, 4.69) is 36.7 Å². The van der Waals surface area contributed by atoms with Gasteiger partial charge in [0.2, 0.25) is 12.3 Å².